The van der Waals surface area contributed by atoms with E-state index in [0.717, 1.165) is 19.1 Å². The number of rotatable bonds is 9. The van der Waals surface area contributed by atoms with E-state index >= 15 is 0 Å². The molecule has 0 heterocycles. The van der Waals surface area contributed by atoms with E-state index in [1.807, 2.05) is 0 Å². The highest BCUT2D eigenvalue weighted by Crippen LogP contribution is 2.63. The van der Waals surface area contributed by atoms with Crippen LogP contribution in [0.25, 0.3) is 0 Å². The normalized spacial score (nSPS) is 16.7. The molecule has 0 bridgehead atoms. The van der Waals surface area contributed by atoms with E-state index in [1.54, 1.807) is 0 Å². The van der Waals surface area contributed by atoms with Crippen LogP contribution < -0.4 is 0 Å². The first kappa shape index (κ1) is 30.8. The fourth-order valence-electron chi connectivity index (χ4n) is 2.71. The van der Waals surface area contributed by atoms with Crippen molar-refractivity contribution < 1.29 is 75.8 Å². The van der Waals surface area contributed by atoms with Crippen LogP contribution in [-0.2, 0) is 5.60 Å². The zero-order valence-corrected chi connectivity index (χ0v) is 17.0. The van der Waals surface area contributed by atoms with Crippen molar-refractivity contribution in [1.82, 2.24) is 0 Å². The predicted molar refractivity (Wildman–Crippen MR) is 86.4 cm³/mol. The molecule has 0 aromatic heterocycles. The number of hydrogen-bond acceptors (Lipinski definition) is 2. The molecule has 0 spiro atoms. The quantitative estimate of drug-likeness (QED) is 0.272. The summed E-state index contributed by atoms with van der Waals surface area (Å²) in [5, 5.41) is 10.0. The molecule has 2 nitrogen and oxygen atoms in total. The van der Waals surface area contributed by atoms with Gasteiger partial charge in [-0.3, -0.25) is 4.79 Å². The highest BCUT2D eigenvalue weighted by atomic mass is 19.4. The monoisotopic (exact) mass is 546 g/mol. The van der Waals surface area contributed by atoms with Crippen LogP contribution in [0.3, 0.4) is 0 Å². The van der Waals surface area contributed by atoms with Crippen molar-refractivity contribution in [1.29, 1.82) is 0 Å². The molecule has 0 aliphatic rings. The second-order valence-corrected chi connectivity index (χ2v) is 7.66. The van der Waals surface area contributed by atoms with Gasteiger partial charge in [-0.05, 0) is 19.4 Å². The SMILES string of the molecule is CC(=O)c1ccc(C(C)(O)CC(F)(F)C(F)(F)C(F)(F)C(F)(F)C(F)(F)C(F)(F)C(F)(F)F)cc1. The Labute approximate surface area is 185 Å². The van der Waals surface area contributed by atoms with E-state index in [0.29, 0.717) is 12.1 Å². The first-order valence-corrected chi connectivity index (χ1v) is 8.79. The average molecular weight is 546 g/mol. The molecule has 0 aliphatic carbocycles. The zero-order valence-electron chi connectivity index (χ0n) is 17.0. The summed E-state index contributed by atoms with van der Waals surface area (Å²) in [6, 6.07) is 2.97. The van der Waals surface area contributed by atoms with E-state index in [1.165, 1.54) is 0 Å². The molecule has 202 valence electrons. The molecule has 1 rings (SSSR count). The lowest BCUT2D eigenvalue weighted by Crippen LogP contribution is -2.72. The van der Waals surface area contributed by atoms with Crippen molar-refractivity contribution in [3.63, 3.8) is 0 Å². The van der Waals surface area contributed by atoms with Crippen LogP contribution in [0, 0.1) is 0 Å². The van der Waals surface area contributed by atoms with Crippen LogP contribution >= 0.6 is 0 Å². The van der Waals surface area contributed by atoms with E-state index < -0.39 is 65.1 Å². The Bertz CT molecular complexity index is 930. The Morgan fingerprint density at radius 1 is 0.657 bits per heavy atom. The Hall–Kier alpha value is -2.20. The Kier molecular flexibility index (Phi) is 7.43. The molecule has 1 aromatic rings. The van der Waals surface area contributed by atoms with Crippen LogP contribution in [0.4, 0.5) is 65.9 Å². The molecule has 0 fully saturated rings. The number of ketones is 1. The van der Waals surface area contributed by atoms with Gasteiger partial charge in [0, 0.05) is 5.56 Å². The summed E-state index contributed by atoms with van der Waals surface area (Å²) in [6.45, 7) is 1.27. The lowest BCUT2D eigenvalue weighted by Gasteiger charge is -2.42. The predicted octanol–water partition coefficient (Wildman–Crippen LogP) is 6.86. The second kappa shape index (κ2) is 8.44. The van der Waals surface area contributed by atoms with E-state index in [2.05, 4.69) is 0 Å². The smallest absolute Gasteiger partial charge is 0.385 e. The molecule has 1 atom stereocenters. The number of hydrogen-bond donors (Lipinski definition) is 1. The largest absolute Gasteiger partial charge is 0.460 e. The maximum Gasteiger partial charge on any atom is 0.460 e. The summed E-state index contributed by atoms with van der Waals surface area (Å²) >= 11 is 0. The second-order valence-electron chi connectivity index (χ2n) is 7.66. The number of alkyl halides is 15. The van der Waals surface area contributed by atoms with Crippen LogP contribution in [0.1, 0.15) is 36.2 Å². The molecular formula is C18H13F15O2. The molecule has 0 amide bonds. The number of carbonyl (C=O) groups is 1. The highest BCUT2D eigenvalue weighted by molar-refractivity contribution is 5.94. The van der Waals surface area contributed by atoms with Crippen molar-refractivity contribution in [3.05, 3.63) is 35.4 Å². The topological polar surface area (TPSA) is 37.3 Å². The fraction of sp³-hybridized carbons (Fsp3) is 0.611. The van der Waals surface area contributed by atoms with E-state index in [-0.39, 0.29) is 12.5 Å². The van der Waals surface area contributed by atoms with Crippen LogP contribution in [0.15, 0.2) is 24.3 Å². The molecule has 1 N–H and O–H groups in total. The van der Waals surface area contributed by atoms with Crippen molar-refractivity contribution in [3.8, 4) is 0 Å². The van der Waals surface area contributed by atoms with Crippen LogP contribution in [0.5, 0.6) is 0 Å². The summed E-state index contributed by atoms with van der Waals surface area (Å²) in [6.07, 6.45) is -10.6. The van der Waals surface area contributed by atoms with Gasteiger partial charge in [-0.15, -0.1) is 0 Å². The highest BCUT2D eigenvalue weighted by Gasteiger charge is 2.93. The molecule has 1 unspecified atom stereocenters. The van der Waals surface area contributed by atoms with Gasteiger partial charge in [0.25, 0.3) is 0 Å². The standard InChI is InChI=1S/C18H13F15O2/c1-8(34)9-3-5-10(6-4-9)11(2,35)7-12(19,20)13(21,22)14(23,24)15(25,26)16(27,28)17(29,30)18(31,32)33/h3-6,35H,7H2,1-2H3. The van der Waals surface area contributed by atoms with Crippen molar-refractivity contribution in [2.75, 3.05) is 0 Å². The summed E-state index contributed by atoms with van der Waals surface area (Å²) < 4.78 is 199. The van der Waals surface area contributed by atoms with Gasteiger partial charge in [0.05, 0.1) is 12.0 Å². The average Bonchev–Trinajstić information content (AvgIpc) is 2.65. The third-order valence-electron chi connectivity index (χ3n) is 4.87. The third kappa shape index (κ3) is 4.67. The lowest BCUT2D eigenvalue weighted by atomic mass is 9.83. The summed E-state index contributed by atoms with van der Waals surface area (Å²) in [7, 11) is 0. The number of Topliss-reactive ketones (excluding diaryl/α,β-unsaturated/α-hetero) is 1. The first-order chi connectivity index (χ1) is 15.1. The van der Waals surface area contributed by atoms with Crippen molar-refractivity contribution >= 4 is 5.78 Å². The van der Waals surface area contributed by atoms with Gasteiger partial charge in [0.15, 0.2) is 5.78 Å². The van der Waals surface area contributed by atoms with E-state index in [9.17, 15) is 75.8 Å². The Morgan fingerprint density at radius 2 is 1.00 bits per heavy atom. The number of halogens is 15. The van der Waals surface area contributed by atoms with Crippen molar-refractivity contribution in [2.24, 2.45) is 0 Å². The Balaban J connectivity index is 3.51. The molecule has 0 saturated heterocycles. The van der Waals surface area contributed by atoms with Gasteiger partial charge in [-0.2, -0.15) is 65.9 Å². The molecule has 17 heteroatoms. The maximum atomic E-state index is 14.1. The maximum absolute atomic E-state index is 14.1. The van der Waals surface area contributed by atoms with Crippen LogP contribution in [-0.4, -0.2) is 52.6 Å². The molecule has 1 aromatic carbocycles. The lowest BCUT2D eigenvalue weighted by molar-refractivity contribution is -0.453. The van der Waals surface area contributed by atoms with Gasteiger partial charge in [0.1, 0.15) is 0 Å². The van der Waals surface area contributed by atoms with Crippen LogP contribution in [0.2, 0.25) is 0 Å². The molecule has 35 heavy (non-hydrogen) atoms. The number of carbonyl (C=O) groups excluding carboxylic acids is 1. The molecule has 0 radical (unpaired) electrons. The van der Waals surface area contributed by atoms with Gasteiger partial charge in [-0.1, -0.05) is 24.3 Å². The summed E-state index contributed by atoms with van der Waals surface area (Å²) in [4.78, 5) is 11.2. The summed E-state index contributed by atoms with van der Waals surface area (Å²) in [5.74, 6) is -47.9. The fourth-order valence-corrected chi connectivity index (χ4v) is 2.71. The minimum absolute atomic E-state index is 0.124. The Morgan fingerprint density at radius 3 is 1.34 bits per heavy atom. The van der Waals surface area contributed by atoms with Gasteiger partial charge >= 0.3 is 41.7 Å². The van der Waals surface area contributed by atoms with Gasteiger partial charge < -0.3 is 5.11 Å². The zero-order chi connectivity index (χ0) is 28.3. The molecular weight excluding hydrogens is 533 g/mol. The molecule has 0 aliphatic heterocycles. The molecule has 0 saturated carbocycles. The number of benzene rings is 1. The minimum Gasteiger partial charge on any atom is -0.385 e. The number of aliphatic hydroxyl groups is 1. The minimum atomic E-state index is -8.39. The van der Waals surface area contributed by atoms with Crippen molar-refractivity contribution in [2.45, 2.75) is 67.6 Å². The summed E-state index contributed by atoms with van der Waals surface area (Å²) in [5.41, 5.74) is -4.26. The van der Waals surface area contributed by atoms with E-state index in [4.69, 9.17) is 0 Å². The third-order valence-corrected chi connectivity index (χ3v) is 4.87. The first-order valence-electron chi connectivity index (χ1n) is 8.79. The van der Waals surface area contributed by atoms with Gasteiger partial charge in [0.2, 0.25) is 0 Å². The van der Waals surface area contributed by atoms with Gasteiger partial charge in [-0.25, -0.2) is 0 Å².